The van der Waals surface area contributed by atoms with Crippen molar-refractivity contribution in [2.45, 2.75) is 32.7 Å². The lowest BCUT2D eigenvalue weighted by atomic mass is 10.1. The number of nitrogens with one attached hydrogen (secondary N) is 1. The molecule has 2 heterocycles. The molecular formula is C18H21NOS. The number of rotatable bonds is 5. The smallest absolute Gasteiger partial charge is 0.134 e. The highest BCUT2D eigenvalue weighted by atomic mass is 32.1. The molecule has 0 fully saturated rings. The van der Waals surface area contributed by atoms with Crippen LogP contribution in [0, 0.1) is 6.92 Å². The second kappa shape index (κ2) is 6.04. The number of hydrogen-bond acceptors (Lipinski definition) is 3. The second-order valence-corrected chi connectivity index (χ2v) is 6.71. The van der Waals surface area contributed by atoms with E-state index in [1.165, 1.54) is 20.7 Å². The minimum absolute atomic E-state index is 0.223. The predicted octanol–water partition coefficient (Wildman–Crippen LogP) is 4.87. The van der Waals surface area contributed by atoms with E-state index in [1.807, 2.05) is 18.4 Å². The van der Waals surface area contributed by atoms with Gasteiger partial charge in [-0.1, -0.05) is 18.6 Å². The molecule has 0 aliphatic heterocycles. The van der Waals surface area contributed by atoms with E-state index in [2.05, 4.69) is 55.6 Å². The summed E-state index contributed by atoms with van der Waals surface area (Å²) in [5.74, 6) is 1.02. The van der Waals surface area contributed by atoms with Gasteiger partial charge in [0.25, 0.3) is 0 Å². The summed E-state index contributed by atoms with van der Waals surface area (Å²) in [6.45, 7) is 4.31. The summed E-state index contributed by atoms with van der Waals surface area (Å²) >= 11 is 1.90. The maximum atomic E-state index is 6.02. The van der Waals surface area contributed by atoms with E-state index in [1.54, 1.807) is 0 Å². The first kappa shape index (κ1) is 14.4. The van der Waals surface area contributed by atoms with Crippen molar-refractivity contribution in [3.63, 3.8) is 0 Å². The van der Waals surface area contributed by atoms with Crippen LogP contribution in [-0.2, 0) is 12.8 Å². The molecule has 1 unspecified atom stereocenters. The molecule has 3 rings (SSSR count). The van der Waals surface area contributed by atoms with Crippen LogP contribution < -0.4 is 5.32 Å². The summed E-state index contributed by atoms with van der Waals surface area (Å²) in [7, 11) is 2.00. The number of thiophene rings is 1. The zero-order chi connectivity index (χ0) is 14.8. The fraction of sp³-hybridized carbons (Fsp3) is 0.333. The van der Waals surface area contributed by atoms with Crippen LogP contribution in [0.1, 0.15) is 34.0 Å². The van der Waals surface area contributed by atoms with Crippen LogP contribution in [0.15, 0.2) is 40.8 Å². The van der Waals surface area contributed by atoms with Gasteiger partial charge in [0, 0.05) is 21.6 Å². The highest BCUT2D eigenvalue weighted by molar-refractivity contribution is 7.11. The zero-order valence-electron chi connectivity index (χ0n) is 12.8. The van der Waals surface area contributed by atoms with E-state index >= 15 is 0 Å². The Bertz CT molecular complexity index is 741. The first-order valence-corrected chi connectivity index (χ1v) is 8.26. The molecule has 2 nitrogen and oxygen atoms in total. The van der Waals surface area contributed by atoms with Gasteiger partial charge in [-0.2, -0.15) is 0 Å². The third-order valence-corrected chi connectivity index (χ3v) is 5.11. The fourth-order valence-electron chi connectivity index (χ4n) is 2.62. The molecule has 2 aromatic heterocycles. The van der Waals surface area contributed by atoms with E-state index in [0.29, 0.717) is 0 Å². The molecular weight excluding hydrogens is 278 g/mol. The number of benzene rings is 1. The van der Waals surface area contributed by atoms with Gasteiger partial charge in [-0.25, -0.2) is 0 Å². The molecule has 3 aromatic rings. The highest BCUT2D eigenvalue weighted by Gasteiger charge is 2.16. The van der Waals surface area contributed by atoms with Crippen molar-refractivity contribution < 1.29 is 4.42 Å². The summed E-state index contributed by atoms with van der Waals surface area (Å²) < 4.78 is 6.02. The lowest BCUT2D eigenvalue weighted by molar-refractivity contribution is 0.452. The third kappa shape index (κ3) is 3.04. The molecule has 0 aliphatic carbocycles. The Hall–Kier alpha value is -1.58. The summed E-state index contributed by atoms with van der Waals surface area (Å²) in [4.78, 5) is 2.85. The largest absolute Gasteiger partial charge is 0.459 e. The number of furan rings is 1. The molecule has 0 radical (unpaired) electrons. The summed E-state index contributed by atoms with van der Waals surface area (Å²) in [5.41, 5.74) is 2.23. The van der Waals surface area contributed by atoms with Gasteiger partial charge >= 0.3 is 0 Å². The van der Waals surface area contributed by atoms with E-state index in [4.69, 9.17) is 4.42 Å². The van der Waals surface area contributed by atoms with Crippen molar-refractivity contribution in [1.29, 1.82) is 0 Å². The summed E-state index contributed by atoms with van der Waals surface area (Å²) in [6, 6.07) is 13.2. The van der Waals surface area contributed by atoms with Crippen molar-refractivity contribution in [2.75, 3.05) is 7.05 Å². The number of fused-ring (bicyclic) bond motifs is 1. The molecule has 110 valence electrons. The molecule has 3 heteroatoms. The van der Waals surface area contributed by atoms with E-state index < -0.39 is 0 Å². The molecule has 0 spiro atoms. The third-order valence-electron chi connectivity index (χ3n) is 3.85. The Morgan fingerprint density at radius 2 is 1.95 bits per heavy atom. The fourth-order valence-corrected chi connectivity index (χ4v) is 3.63. The first-order valence-electron chi connectivity index (χ1n) is 7.44. The maximum absolute atomic E-state index is 6.02. The van der Waals surface area contributed by atoms with Crippen molar-refractivity contribution in [1.82, 2.24) is 5.32 Å². The maximum Gasteiger partial charge on any atom is 0.134 e. The normalized spacial score (nSPS) is 12.9. The minimum atomic E-state index is 0.223. The number of aryl methyl sites for hydroxylation is 2. The highest BCUT2D eigenvalue weighted by Crippen LogP contribution is 2.28. The standard InChI is InChI=1S/C18H21NOS/c1-4-14-6-7-15(21-14)11-16(19-3)18-10-13-9-12(2)5-8-17(13)20-18/h5-10,16,19H,4,11H2,1-3H3. The van der Waals surface area contributed by atoms with Crippen molar-refractivity contribution in [3.05, 3.63) is 57.5 Å². The van der Waals surface area contributed by atoms with E-state index in [9.17, 15) is 0 Å². The Balaban J connectivity index is 1.86. The molecule has 1 aromatic carbocycles. The van der Waals surface area contributed by atoms with E-state index in [0.717, 1.165) is 24.2 Å². The van der Waals surface area contributed by atoms with Gasteiger partial charge in [-0.05, 0) is 50.7 Å². The van der Waals surface area contributed by atoms with Crippen LogP contribution >= 0.6 is 11.3 Å². The molecule has 1 N–H and O–H groups in total. The summed E-state index contributed by atoms with van der Waals surface area (Å²) in [6.07, 6.45) is 2.08. The Morgan fingerprint density at radius 3 is 2.67 bits per heavy atom. The van der Waals surface area contributed by atoms with Crippen molar-refractivity contribution >= 4 is 22.3 Å². The number of hydrogen-bond donors (Lipinski definition) is 1. The monoisotopic (exact) mass is 299 g/mol. The lowest BCUT2D eigenvalue weighted by Crippen LogP contribution is -2.17. The minimum Gasteiger partial charge on any atom is -0.459 e. The van der Waals surface area contributed by atoms with Gasteiger partial charge < -0.3 is 9.73 Å². The van der Waals surface area contributed by atoms with Gasteiger partial charge in [0.15, 0.2) is 0 Å². The number of likely N-dealkylation sites (N-methyl/N-ethyl adjacent to an activating group) is 1. The molecule has 0 aliphatic rings. The Kier molecular flexibility index (Phi) is 4.13. The quantitative estimate of drug-likeness (QED) is 0.727. The van der Waals surface area contributed by atoms with Crippen molar-refractivity contribution in [3.8, 4) is 0 Å². The van der Waals surface area contributed by atoms with Crippen LogP contribution in [0.3, 0.4) is 0 Å². The summed E-state index contributed by atoms with van der Waals surface area (Å²) in [5, 5.41) is 4.57. The second-order valence-electron chi connectivity index (χ2n) is 5.46. The molecule has 21 heavy (non-hydrogen) atoms. The zero-order valence-corrected chi connectivity index (χ0v) is 13.6. The van der Waals surface area contributed by atoms with Gasteiger partial charge in [-0.15, -0.1) is 11.3 Å². The first-order chi connectivity index (χ1) is 10.2. The molecule has 0 saturated heterocycles. The van der Waals surface area contributed by atoms with Crippen LogP contribution in [-0.4, -0.2) is 7.05 Å². The topological polar surface area (TPSA) is 25.2 Å². The predicted molar refractivity (Wildman–Crippen MR) is 90.2 cm³/mol. The van der Waals surface area contributed by atoms with E-state index in [-0.39, 0.29) is 6.04 Å². The molecule has 0 bridgehead atoms. The van der Waals surface area contributed by atoms with Gasteiger partial charge in [-0.3, -0.25) is 0 Å². The Labute approximate surface area is 129 Å². The van der Waals surface area contributed by atoms with Crippen LogP contribution in [0.25, 0.3) is 11.0 Å². The molecule has 1 atom stereocenters. The Morgan fingerprint density at radius 1 is 1.14 bits per heavy atom. The average Bonchev–Trinajstić information content (AvgIpc) is 3.10. The molecule has 0 saturated carbocycles. The van der Waals surface area contributed by atoms with Crippen molar-refractivity contribution in [2.24, 2.45) is 0 Å². The average molecular weight is 299 g/mol. The van der Waals surface area contributed by atoms with Crippen LogP contribution in [0.5, 0.6) is 0 Å². The van der Waals surface area contributed by atoms with Crippen LogP contribution in [0.2, 0.25) is 0 Å². The van der Waals surface area contributed by atoms with Gasteiger partial charge in [0.05, 0.1) is 6.04 Å². The van der Waals surface area contributed by atoms with Gasteiger partial charge in [0.2, 0.25) is 0 Å². The SMILES string of the molecule is CCc1ccc(CC(NC)c2cc3cc(C)ccc3o2)s1. The van der Waals surface area contributed by atoms with Gasteiger partial charge in [0.1, 0.15) is 11.3 Å². The molecule has 0 amide bonds. The van der Waals surface area contributed by atoms with Crippen LogP contribution in [0.4, 0.5) is 0 Å². The lowest BCUT2D eigenvalue weighted by Gasteiger charge is -2.12.